The van der Waals surface area contributed by atoms with Crippen LogP contribution in [0.4, 0.5) is 0 Å². The van der Waals surface area contributed by atoms with Gasteiger partial charge in [-0.05, 0) is 160 Å². The number of rotatable bonds is 6. The summed E-state index contributed by atoms with van der Waals surface area (Å²) in [5.41, 5.74) is 7.14. The van der Waals surface area contributed by atoms with Gasteiger partial charge >= 0.3 is 136 Å². The summed E-state index contributed by atoms with van der Waals surface area (Å²) in [5.74, 6) is 0. The van der Waals surface area contributed by atoms with E-state index in [-0.39, 0.29) is 76.3 Å². The van der Waals surface area contributed by atoms with Crippen LogP contribution in [-0.2, 0) is 132 Å². The van der Waals surface area contributed by atoms with Gasteiger partial charge in [-0.25, -0.2) is 0 Å². The molecule has 410 valence electrons. The molecule has 6 aliphatic carbocycles. The molecule has 0 heterocycles. The summed E-state index contributed by atoms with van der Waals surface area (Å²) in [6.45, 7) is 60.0. The van der Waals surface area contributed by atoms with Crippen molar-refractivity contribution in [3.05, 3.63) is 93.0 Å². The zero-order chi connectivity index (χ0) is 57.2. The van der Waals surface area contributed by atoms with E-state index in [9.17, 15) is 0 Å². The fourth-order valence-corrected chi connectivity index (χ4v) is 19.4. The van der Waals surface area contributed by atoms with E-state index in [1.54, 1.807) is 154 Å². The number of hydrogen-bond donors (Lipinski definition) is 0. The predicted molar refractivity (Wildman–Crippen MR) is 274 cm³/mol. The van der Waals surface area contributed by atoms with E-state index in [1.807, 2.05) is 8.63 Å². The van der Waals surface area contributed by atoms with Crippen molar-refractivity contribution in [2.45, 2.75) is 227 Å². The Balaban J connectivity index is -0.0000000454. The van der Waals surface area contributed by atoms with E-state index in [1.165, 1.54) is 72.5 Å². The minimum absolute atomic E-state index is 0. The molecule has 2 radical (unpaired) electrons. The molecular formula is C52H70Mn2Mo2O12P2S4. The Hall–Kier alpha value is 0.336. The molecule has 0 spiro atoms. The Kier molecular flexibility index (Phi) is 186. The molecule has 0 aliphatic heterocycles. The fraction of sp³-hybridized carbons (Fsp3) is 0.692. The first-order valence-corrected chi connectivity index (χ1v) is 26.9. The van der Waals surface area contributed by atoms with Gasteiger partial charge in [0.2, 0.25) is 0 Å². The van der Waals surface area contributed by atoms with Crippen LogP contribution in [0.5, 0.6) is 0 Å². The third kappa shape index (κ3) is 70.3. The molecule has 0 N–H and O–H groups in total. The van der Waals surface area contributed by atoms with Gasteiger partial charge in [-0.15, -0.1) is 13.2 Å². The second-order valence-corrected chi connectivity index (χ2v) is 22.3. The summed E-state index contributed by atoms with van der Waals surface area (Å²) in [6, 6.07) is 0. The zero-order valence-corrected chi connectivity index (χ0v) is 53.5. The van der Waals surface area contributed by atoms with Crippen LogP contribution in [0.1, 0.15) is 193 Å². The monoisotopic (exact) mass is 1380 g/mol. The van der Waals surface area contributed by atoms with Gasteiger partial charge in [0.25, 0.3) is 0 Å². The molecule has 0 aromatic carbocycles. The maximum Gasteiger partial charge on any atom is 0 e. The van der Waals surface area contributed by atoms with Crippen LogP contribution >= 0.6 is 64.7 Å². The van der Waals surface area contributed by atoms with Crippen molar-refractivity contribution in [2.24, 2.45) is 0 Å². The van der Waals surface area contributed by atoms with Crippen molar-refractivity contribution in [3.63, 3.8) is 0 Å². The predicted octanol–water partition coefficient (Wildman–Crippen LogP) is 15.3. The molecule has 22 heteroatoms. The van der Waals surface area contributed by atoms with Crippen molar-refractivity contribution in [1.29, 1.82) is 0 Å². The van der Waals surface area contributed by atoms with E-state index in [4.69, 9.17) is 55.8 Å². The van der Waals surface area contributed by atoms with E-state index < -0.39 is 0 Å². The largest absolute Gasteiger partial charge is 0 e. The Morgan fingerprint density at radius 1 is 0.243 bits per heavy atom. The molecule has 6 saturated carbocycles. The van der Waals surface area contributed by atoms with E-state index in [2.05, 4.69) is 142 Å². The summed E-state index contributed by atoms with van der Waals surface area (Å²) in [4.78, 5) is 0. The van der Waals surface area contributed by atoms with E-state index in [0.29, 0.717) is 15.8 Å². The minimum Gasteiger partial charge on any atom is 0 e. The first-order valence-electron chi connectivity index (χ1n) is 22.2. The van der Waals surface area contributed by atoms with Crippen LogP contribution in [0.15, 0.2) is 13.2 Å². The number of hydrogen-bond acceptors (Lipinski definition) is 4. The normalized spacial score (nSPS) is 15.4. The molecule has 6 rings (SSSR count). The minimum atomic E-state index is 0. The Morgan fingerprint density at radius 3 is 0.378 bits per heavy atom. The molecule has 0 saturated heterocycles. The van der Waals surface area contributed by atoms with Crippen LogP contribution in [0.25, 0.3) is 0 Å². The standard InChI is InChI=1S/2C18H33P.C2H4.12CO.2CS2.2Mn.2Mo/c2*1-4-10-16(11-5-1)19(17-12-6-2-7-13-17)18-14-8-3-9-15-18;13*1-2;2*2-1-3;;;;/h2*16-18H,1-15H2;1-2H2;;;;;;;;;;;;;;;;;;. The number of thiocarbonyl (C=S) groups is 4. The molecule has 74 heavy (non-hydrogen) atoms. The van der Waals surface area contributed by atoms with Gasteiger partial charge in [0.1, 0.15) is 0 Å². The van der Waals surface area contributed by atoms with Gasteiger partial charge in [-0.2, -0.15) is 0 Å². The van der Waals surface area contributed by atoms with Crippen molar-refractivity contribution in [3.8, 4) is 0 Å². The molecule has 0 aromatic heterocycles. The second-order valence-electron chi connectivity index (χ2n) is 14.8. The second kappa shape index (κ2) is 121. The first kappa shape index (κ1) is 114. The van der Waals surface area contributed by atoms with Crippen LogP contribution in [0, 0.1) is 79.8 Å². The van der Waals surface area contributed by atoms with E-state index in [0.717, 1.165) is 0 Å². The van der Waals surface area contributed by atoms with Crippen molar-refractivity contribution >= 4 is 73.3 Å². The van der Waals surface area contributed by atoms with Gasteiger partial charge in [0.15, 0.2) is 0 Å². The van der Waals surface area contributed by atoms with Gasteiger partial charge in [-0.3, -0.25) is 0 Å². The molecule has 6 aliphatic rings. The Morgan fingerprint density at radius 2 is 0.311 bits per heavy atom. The van der Waals surface area contributed by atoms with Crippen molar-refractivity contribution < 1.29 is 132 Å². The Bertz CT molecular complexity index is 1090. The van der Waals surface area contributed by atoms with E-state index >= 15 is 0 Å². The smallest absolute Gasteiger partial charge is 0 e. The maximum absolute atomic E-state index is 7.50. The summed E-state index contributed by atoms with van der Waals surface area (Å²) in [6.07, 6.45) is 47.2. The molecule has 0 atom stereocenters. The average molecular weight is 1380 g/mol. The molecular weight excluding hydrogens is 1310 g/mol. The third-order valence-electron chi connectivity index (χ3n) is 12.0. The summed E-state index contributed by atoms with van der Waals surface area (Å²) < 4.78 is 93.8. The van der Waals surface area contributed by atoms with Gasteiger partial charge in [-0.1, -0.05) is 131 Å². The SMILES string of the molecule is C1CCC(P(C2CCCCC2)C2CCCCC2)CC1.C1CCC(P(C2CCCCC2)C2CCCCC2)CC1.C=C.S=C=S.S=C=S.[C-]#[O+].[C-]#[O+].[C-]#[O+].[C-]#[O+].[C-]#[O+].[C-]#[O+].[C-]#[O+].[C-]#[O+].[C-]#[O+].[C-]#[O+].[C-]#[O+].[C-]#[O+].[Mn].[Mn].[Mo].[Mo]. The van der Waals surface area contributed by atoms with Crippen LogP contribution < -0.4 is 0 Å². The first-order chi connectivity index (χ1) is 34.7. The van der Waals surface area contributed by atoms with Crippen LogP contribution in [0.2, 0.25) is 0 Å². The summed E-state index contributed by atoms with van der Waals surface area (Å²) in [7, 11) is 0.770. The maximum atomic E-state index is 7.50. The third-order valence-corrected chi connectivity index (χ3v) is 20.1. The molecule has 6 fully saturated rings. The molecule has 12 nitrogen and oxygen atoms in total. The van der Waals surface area contributed by atoms with Gasteiger partial charge in [0, 0.05) is 84.9 Å². The Labute approximate surface area is 520 Å². The van der Waals surface area contributed by atoms with Crippen LogP contribution in [0.3, 0.4) is 0 Å². The van der Waals surface area contributed by atoms with Gasteiger partial charge < -0.3 is 0 Å². The molecule has 0 amide bonds. The topological polar surface area (TPSA) is 239 Å². The van der Waals surface area contributed by atoms with Crippen molar-refractivity contribution in [1.82, 2.24) is 0 Å². The zero-order valence-electron chi connectivity index (χ0n) is 42.1. The summed E-state index contributed by atoms with van der Waals surface area (Å²) in [5, 5.41) is 0. The quantitative estimate of drug-likeness (QED) is 0.0629. The molecule has 0 bridgehead atoms. The molecule has 0 aromatic rings. The van der Waals surface area contributed by atoms with Gasteiger partial charge in [0.05, 0.1) is 0 Å². The van der Waals surface area contributed by atoms with Crippen molar-refractivity contribution in [2.75, 3.05) is 0 Å². The fourth-order valence-electron chi connectivity index (χ4n) is 10.1. The summed E-state index contributed by atoms with van der Waals surface area (Å²) >= 11 is 15.8. The molecule has 0 unspecified atom stereocenters. The van der Waals surface area contributed by atoms with Crippen LogP contribution in [-0.4, -0.2) is 42.6 Å². The average Bonchev–Trinajstić information content (AvgIpc) is 3.50.